The van der Waals surface area contributed by atoms with Crippen molar-refractivity contribution in [3.05, 3.63) is 187 Å². The van der Waals surface area contributed by atoms with Crippen molar-refractivity contribution in [1.82, 2.24) is 9.13 Å². The molecule has 0 fully saturated rings. The van der Waals surface area contributed by atoms with E-state index in [0.29, 0.717) is 0 Å². The van der Waals surface area contributed by atoms with Crippen LogP contribution in [0.25, 0.3) is 60.4 Å². The SMILES string of the molecule is CC.CC.CC.CC.CC.CC.CC.CC.Cc1cccc(-n2c3ccccc3c3ccccc32)c1.Cn1c2ccccc2c2ccccc21.c1ccc2c(c1)Cc1ccccc1-2. The largest absolute Gasteiger partial charge is 0.344 e. The van der Waals surface area contributed by atoms with Crippen LogP contribution in [0.15, 0.2) is 170 Å². The molecule has 0 saturated carbocycles. The summed E-state index contributed by atoms with van der Waals surface area (Å²) in [6.07, 6.45) is 1.10. The molecule has 0 amide bonds. The molecule has 7 aromatic carbocycles. The van der Waals surface area contributed by atoms with Gasteiger partial charge in [-0.1, -0.05) is 244 Å². The Hall–Kier alpha value is -5.86. The molecule has 0 saturated heterocycles. The zero-order chi connectivity index (χ0) is 47.7. The Morgan fingerprint density at radius 1 is 0.317 bits per heavy atom. The number of aryl methyl sites for hydroxylation is 2. The van der Waals surface area contributed by atoms with E-state index in [9.17, 15) is 0 Å². The third-order valence-electron chi connectivity index (χ3n) is 9.37. The van der Waals surface area contributed by atoms with Gasteiger partial charge in [0.05, 0.1) is 11.0 Å². The number of hydrogen-bond acceptors (Lipinski definition) is 0. The fourth-order valence-corrected chi connectivity index (χ4v) is 7.16. The fraction of sp³-hybridized carbons (Fsp3) is 0.311. The van der Waals surface area contributed by atoms with Gasteiger partial charge in [-0.2, -0.15) is 0 Å². The van der Waals surface area contributed by atoms with Gasteiger partial charge in [0.2, 0.25) is 0 Å². The lowest BCUT2D eigenvalue weighted by Gasteiger charge is -2.08. The third kappa shape index (κ3) is 14.6. The summed E-state index contributed by atoms with van der Waals surface area (Å²) in [6.45, 7) is 34.1. The predicted molar refractivity (Wildman–Crippen MR) is 291 cm³/mol. The minimum absolute atomic E-state index is 1.10. The molecule has 0 bridgehead atoms. The molecular formula is C61H84N2. The molecule has 10 rings (SSSR count). The van der Waals surface area contributed by atoms with E-state index in [2.05, 4.69) is 193 Å². The van der Waals surface area contributed by atoms with Gasteiger partial charge >= 0.3 is 0 Å². The lowest BCUT2D eigenvalue weighted by molar-refractivity contribution is 1.01. The summed E-state index contributed by atoms with van der Waals surface area (Å²) in [7, 11) is 2.12. The van der Waals surface area contributed by atoms with Gasteiger partial charge < -0.3 is 9.13 Å². The van der Waals surface area contributed by atoms with Crippen molar-refractivity contribution < 1.29 is 0 Å². The van der Waals surface area contributed by atoms with E-state index in [4.69, 9.17) is 0 Å². The van der Waals surface area contributed by atoms with E-state index in [1.165, 1.54) is 77.1 Å². The van der Waals surface area contributed by atoms with Gasteiger partial charge in [0.15, 0.2) is 0 Å². The van der Waals surface area contributed by atoms with E-state index in [-0.39, 0.29) is 0 Å². The number of nitrogens with zero attached hydrogens (tertiary/aromatic N) is 2. The van der Waals surface area contributed by atoms with Gasteiger partial charge in [-0.25, -0.2) is 0 Å². The van der Waals surface area contributed by atoms with Crippen molar-refractivity contribution in [3.8, 4) is 16.8 Å². The summed E-state index contributed by atoms with van der Waals surface area (Å²) < 4.78 is 4.59. The molecule has 63 heavy (non-hydrogen) atoms. The highest BCUT2D eigenvalue weighted by atomic mass is 15.0. The Morgan fingerprint density at radius 2 is 0.619 bits per heavy atom. The number of para-hydroxylation sites is 4. The first-order valence-corrected chi connectivity index (χ1v) is 24.3. The highest BCUT2D eigenvalue weighted by Crippen LogP contribution is 2.36. The van der Waals surface area contributed by atoms with Gasteiger partial charge in [0.1, 0.15) is 0 Å². The summed E-state index contributed by atoms with van der Waals surface area (Å²) in [5, 5.41) is 5.30. The normalized spacial score (nSPS) is 9.37. The molecule has 0 atom stereocenters. The maximum atomic E-state index is 2.34. The van der Waals surface area contributed by atoms with Gasteiger partial charge in [0, 0.05) is 45.3 Å². The molecule has 0 radical (unpaired) electrons. The summed E-state index contributed by atoms with van der Waals surface area (Å²) >= 11 is 0. The van der Waals surface area contributed by atoms with Gasteiger partial charge in [-0.15, -0.1) is 0 Å². The second-order valence-electron chi connectivity index (χ2n) is 12.3. The standard InChI is InChI=1S/C19H15N.C13H11N.C13H10.8C2H6/c1-14-7-6-8-15(13-14)20-18-11-4-2-9-16(18)17-10-3-5-12-19(17)20;1-14-12-8-4-2-6-10(12)11-7-3-5-9-13(11)14;1-3-7-12-10(5-1)9-11-6-2-4-8-13(11)12;8*1-2/h2-13H,1H3;2-9H,1H3;1-8H,9H2;8*1-2H3. The van der Waals surface area contributed by atoms with Crippen LogP contribution >= 0.6 is 0 Å². The van der Waals surface area contributed by atoms with Crippen molar-refractivity contribution in [2.45, 2.75) is 124 Å². The molecule has 0 unspecified atom stereocenters. The third-order valence-corrected chi connectivity index (χ3v) is 9.37. The van der Waals surface area contributed by atoms with E-state index < -0.39 is 0 Å². The smallest absolute Gasteiger partial charge is 0.0541 e. The van der Waals surface area contributed by atoms with Crippen LogP contribution in [0.4, 0.5) is 0 Å². The number of benzene rings is 7. The molecule has 2 aromatic heterocycles. The molecule has 338 valence electrons. The molecule has 0 spiro atoms. The van der Waals surface area contributed by atoms with Gasteiger partial charge in [0.25, 0.3) is 0 Å². The molecule has 9 aromatic rings. The number of aromatic nitrogens is 2. The molecule has 1 aliphatic carbocycles. The molecule has 2 nitrogen and oxygen atoms in total. The quantitative estimate of drug-likeness (QED) is 0.156. The second kappa shape index (κ2) is 33.7. The van der Waals surface area contributed by atoms with Crippen LogP contribution in [0.5, 0.6) is 0 Å². The first-order valence-electron chi connectivity index (χ1n) is 24.3. The summed E-state index contributed by atoms with van der Waals surface area (Å²) in [5.74, 6) is 0. The van der Waals surface area contributed by atoms with Crippen molar-refractivity contribution in [2.24, 2.45) is 7.05 Å². The van der Waals surface area contributed by atoms with Crippen molar-refractivity contribution in [2.75, 3.05) is 0 Å². The number of fused-ring (bicyclic) bond motifs is 9. The van der Waals surface area contributed by atoms with E-state index in [1.54, 1.807) is 0 Å². The maximum Gasteiger partial charge on any atom is 0.0541 e. The van der Waals surface area contributed by atoms with Crippen molar-refractivity contribution in [1.29, 1.82) is 0 Å². The zero-order valence-corrected chi connectivity index (χ0v) is 42.8. The predicted octanol–water partition coefficient (Wildman–Crippen LogP) is 19.9. The van der Waals surface area contributed by atoms with Crippen LogP contribution in [0.2, 0.25) is 0 Å². The Kier molecular flexibility index (Phi) is 30.6. The van der Waals surface area contributed by atoms with Crippen LogP contribution in [-0.2, 0) is 13.5 Å². The molecule has 0 N–H and O–H groups in total. The average Bonchev–Trinajstić information content (AvgIpc) is 4.04. The lowest BCUT2D eigenvalue weighted by atomic mass is 10.1. The van der Waals surface area contributed by atoms with Crippen molar-refractivity contribution >= 4 is 43.6 Å². The lowest BCUT2D eigenvalue weighted by Crippen LogP contribution is -1.93. The first kappa shape index (κ1) is 57.1. The average molecular weight is 845 g/mol. The van der Waals surface area contributed by atoms with Gasteiger partial charge in [-0.3, -0.25) is 0 Å². The minimum Gasteiger partial charge on any atom is -0.344 e. The monoisotopic (exact) mass is 845 g/mol. The highest BCUT2D eigenvalue weighted by molar-refractivity contribution is 6.09. The second-order valence-corrected chi connectivity index (χ2v) is 12.3. The molecule has 2 heterocycles. The summed E-state index contributed by atoms with van der Waals surface area (Å²) in [5.41, 5.74) is 13.4. The minimum atomic E-state index is 1.10. The van der Waals surface area contributed by atoms with Crippen LogP contribution in [0.1, 0.15) is 127 Å². The van der Waals surface area contributed by atoms with Crippen LogP contribution in [0, 0.1) is 6.92 Å². The van der Waals surface area contributed by atoms with E-state index >= 15 is 0 Å². The van der Waals surface area contributed by atoms with E-state index in [1.807, 2.05) is 111 Å². The summed E-state index contributed by atoms with van der Waals surface area (Å²) in [4.78, 5) is 0. The topological polar surface area (TPSA) is 9.86 Å². The Bertz CT molecular complexity index is 2380. The summed E-state index contributed by atoms with van der Waals surface area (Å²) in [6, 6.07) is 60.2. The van der Waals surface area contributed by atoms with Crippen LogP contribution in [-0.4, -0.2) is 9.13 Å². The van der Waals surface area contributed by atoms with Crippen LogP contribution in [0.3, 0.4) is 0 Å². The van der Waals surface area contributed by atoms with Gasteiger partial charge in [-0.05, 0) is 77.6 Å². The molecular weight excluding hydrogens is 761 g/mol. The Morgan fingerprint density at radius 3 is 0.984 bits per heavy atom. The molecule has 1 aliphatic rings. The Balaban J connectivity index is 0.000000801. The first-order chi connectivity index (χ1) is 31.2. The molecule has 0 aliphatic heterocycles. The van der Waals surface area contributed by atoms with Crippen molar-refractivity contribution in [3.63, 3.8) is 0 Å². The van der Waals surface area contributed by atoms with Crippen LogP contribution < -0.4 is 0 Å². The number of hydrogen-bond donors (Lipinski definition) is 0. The maximum absolute atomic E-state index is 2.34. The highest BCUT2D eigenvalue weighted by Gasteiger charge is 2.16. The zero-order valence-electron chi connectivity index (χ0n) is 42.8. The number of rotatable bonds is 1. The van der Waals surface area contributed by atoms with E-state index in [0.717, 1.165) is 6.42 Å². The fourth-order valence-electron chi connectivity index (χ4n) is 7.16. The Labute approximate surface area is 385 Å². The molecule has 2 heteroatoms.